The van der Waals surface area contributed by atoms with Crippen LogP contribution in [0.4, 0.5) is 0 Å². The quantitative estimate of drug-likeness (QED) is 0.590. The van der Waals surface area contributed by atoms with Crippen LogP contribution in [0.15, 0.2) is 23.4 Å². The molecule has 4 atom stereocenters. The minimum absolute atomic E-state index is 0.380. The molecule has 3 aliphatic heterocycles. The van der Waals surface area contributed by atoms with Gasteiger partial charge in [-0.15, -0.1) is 0 Å². The fraction of sp³-hybridized carbons (Fsp3) is 0.467. The zero-order chi connectivity index (χ0) is 16.2. The van der Waals surface area contributed by atoms with Gasteiger partial charge in [0.2, 0.25) is 0 Å². The summed E-state index contributed by atoms with van der Waals surface area (Å²) in [6, 6.07) is 3.97. The van der Waals surface area contributed by atoms with Crippen LogP contribution in [0.3, 0.4) is 0 Å². The zero-order valence-corrected chi connectivity index (χ0v) is 12.5. The molecule has 3 heterocycles. The van der Waals surface area contributed by atoms with E-state index in [2.05, 4.69) is 15.6 Å². The Balaban J connectivity index is 1.83. The molecule has 0 spiro atoms. The van der Waals surface area contributed by atoms with Gasteiger partial charge in [0.05, 0.1) is 19.4 Å². The number of hydrogen-bond acceptors (Lipinski definition) is 7. The molecular formula is C15H18N4O4. The van der Waals surface area contributed by atoms with Crippen molar-refractivity contribution in [2.45, 2.75) is 37.5 Å². The fourth-order valence-electron chi connectivity index (χ4n) is 3.28. The largest absolute Gasteiger partial charge is 0.394 e. The number of nitrogens with zero attached hydrogens (tertiary/aromatic N) is 3. The summed E-state index contributed by atoms with van der Waals surface area (Å²) in [5.74, 6) is 0. The molecule has 0 saturated carbocycles. The molecule has 4 rings (SSSR count). The molecule has 0 aromatic carbocycles. The molecule has 23 heavy (non-hydrogen) atoms. The van der Waals surface area contributed by atoms with Crippen molar-refractivity contribution in [2.75, 3.05) is 6.61 Å². The summed E-state index contributed by atoms with van der Waals surface area (Å²) in [6.07, 6.45) is 0.432. The van der Waals surface area contributed by atoms with Gasteiger partial charge in [-0.2, -0.15) is 10.2 Å². The first-order valence-electron chi connectivity index (χ1n) is 7.46. The molecule has 0 aromatic rings. The van der Waals surface area contributed by atoms with Gasteiger partial charge in [0.1, 0.15) is 23.5 Å². The topological polar surface area (TPSA) is 112 Å². The van der Waals surface area contributed by atoms with E-state index in [4.69, 9.17) is 4.74 Å². The molecule has 4 N–H and O–H groups in total. The van der Waals surface area contributed by atoms with Crippen LogP contribution in [-0.2, 0) is 11.3 Å². The summed E-state index contributed by atoms with van der Waals surface area (Å²) in [6.45, 7) is 1.72. The maximum atomic E-state index is 10.6. The van der Waals surface area contributed by atoms with Gasteiger partial charge in [0.15, 0.2) is 6.23 Å². The van der Waals surface area contributed by atoms with Crippen molar-refractivity contribution in [1.82, 2.24) is 15.2 Å². The first kappa shape index (κ1) is 14.6. The van der Waals surface area contributed by atoms with Gasteiger partial charge < -0.3 is 25.5 Å². The molecule has 8 nitrogen and oxygen atoms in total. The number of aliphatic hydroxyl groups is 3. The van der Waals surface area contributed by atoms with Gasteiger partial charge in [-0.1, -0.05) is 12.1 Å². The van der Waals surface area contributed by atoms with Crippen LogP contribution in [0.5, 0.6) is 0 Å². The Morgan fingerprint density at radius 3 is 3.04 bits per heavy atom. The normalized spacial score (nSPS) is 33.0. The van der Waals surface area contributed by atoms with Crippen molar-refractivity contribution in [1.29, 1.82) is 0 Å². The first-order chi connectivity index (χ1) is 11.0. The predicted molar refractivity (Wildman–Crippen MR) is 80.9 cm³/mol. The molecule has 1 saturated heterocycles. The van der Waals surface area contributed by atoms with Crippen molar-refractivity contribution >= 4 is 6.21 Å². The summed E-state index contributed by atoms with van der Waals surface area (Å²) in [4.78, 5) is 0. The Bertz CT molecular complexity index is 741. The van der Waals surface area contributed by atoms with Crippen LogP contribution in [0.1, 0.15) is 24.4 Å². The molecule has 0 radical (unpaired) electrons. The standard InChI is InChI=1S/C15H18N4O4/c1-15(22)13(21)11(7-20)23-14(15)19-6-9-3-2-8-4-16-17-5-10(18-19)12(8)9/h2-3,5-6,11,13-14,16,20-22H,4,7H2,1H3/t11-,13-,14-,15-/m1/s1. The number of aromatic nitrogens is 2. The zero-order valence-electron chi connectivity index (χ0n) is 12.5. The first-order valence-corrected chi connectivity index (χ1v) is 7.46. The molecule has 122 valence electrons. The van der Waals surface area contributed by atoms with Gasteiger partial charge in [0.25, 0.3) is 0 Å². The van der Waals surface area contributed by atoms with E-state index in [-0.39, 0.29) is 6.61 Å². The molecule has 4 aliphatic rings. The van der Waals surface area contributed by atoms with Crippen molar-refractivity contribution in [3.8, 4) is 11.1 Å². The maximum absolute atomic E-state index is 10.6. The minimum Gasteiger partial charge on any atom is -0.394 e. The summed E-state index contributed by atoms with van der Waals surface area (Å²) in [5, 5.41) is 38.6. The SMILES string of the molecule is C[C@@]1(O)[C@H](O)[C@@H](CO)O[C@H]1n1cc2ccc3c-2c(n1)C=NNC3. The monoisotopic (exact) mass is 318 g/mol. The van der Waals surface area contributed by atoms with Crippen molar-refractivity contribution in [3.05, 3.63) is 29.6 Å². The second-order valence-electron chi connectivity index (χ2n) is 6.16. The highest BCUT2D eigenvalue weighted by Gasteiger charge is 2.53. The van der Waals surface area contributed by atoms with Gasteiger partial charge in [0, 0.05) is 17.3 Å². The molecule has 0 amide bonds. The number of ether oxygens (including phenoxy) is 1. The third-order valence-corrected chi connectivity index (χ3v) is 4.55. The van der Waals surface area contributed by atoms with Crippen LogP contribution in [-0.4, -0.2) is 55.7 Å². The summed E-state index contributed by atoms with van der Waals surface area (Å²) < 4.78 is 7.10. The smallest absolute Gasteiger partial charge is 0.181 e. The third-order valence-electron chi connectivity index (χ3n) is 4.55. The molecule has 0 aromatic heterocycles. The predicted octanol–water partition coefficient (Wildman–Crippen LogP) is -0.573. The maximum Gasteiger partial charge on any atom is 0.181 e. The minimum atomic E-state index is -1.57. The van der Waals surface area contributed by atoms with Crippen LogP contribution in [0.2, 0.25) is 0 Å². The van der Waals surface area contributed by atoms with E-state index in [1.807, 2.05) is 12.1 Å². The molecule has 1 aliphatic carbocycles. The molecule has 8 heteroatoms. The third kappa shape index (κ3) is 2.07. The lowest BCUT2D eigenvalue weighted by Crippen LogP contribution is -2.44. The van der Waals surface area contributed by atoms with E-state index in [0.717, 1.165) is 16.7 Å². The molecule has 0 bridgehead atoms. The fourth-order valence-corrected chi connectivity index (χ4v) is 3.28. The van der Waals surface area contributed by atoms with E-state index < -0.39 is 24.0 Å². The summed E-state index contributed by atoms with van der Waals surface area (Å²) >= 11 is 0. The lowest BCUT2D eigenvalue weighted by atomic mass is 9.96. The highest BCUT2D eigenvalue weighted by atomic mass is 16.6. The average molecular weight is 318 g/mol. The Morgan fingerprint density at radius 2 is 2.30 bits per heavy atom. The van der Waals surface area contributed by atoms with E-state index in [9.17, 15) is 15.3 Å². The van der Waals surface area contributed by atoms with E-state index in [1.165, 1.54) is 11.6 Å². The van der Waals surface area contributed by atoms with Crippen molar-refractivity contribution in [3.63, 3.8) is 0 Å². The highest BCUT2D eigenvalue weighted by molar-refractivity contribution is 5.90. The van der Waals surface area contributed by atoms with Gasteiger partial charge >= 0.3 is 0 Å². The lowest BCUT2D eigenvalue weighted by Gasteiger charge is -2.28. The van der Waals surface area contributed by atoms with Crippen LogP contribution in [0.25, 0.3) is 11.1 Å². The van der Waals surface area contributed by atoms with Crippen molar-refractivity contribution in [2.24, 2.45) is 5.10 Å². The van der Waals surface area contributed by atoms with Gasteiger partial charge in [-0.3, -0.25) is 0 Å². The highest BCUT2D eigenvalue weighted by Crippen LogP contribution is 2.39. The average Bonchev–Trinajstić information content (AvgIpc) is 2.94. The summed E-state index contributed by atoms with van der Waals surface area (Å²) in [5.41, 5.74) is 5.08. The van der Waals surface area contributed by atoms with E-state index in [1.54, 1.807) is 12.4 Å². The summed E-state index contributed by atoms with van der Waals surface area (Å²) in [7, 11) is 0. The van der Waals surface area contributed by atoms with E-state index in [0.29, 0.717) is 12.2 Å². The van der Waals surface area contributed by atoms with Gasteiger partial charge in [-0.25, -0.2) is 4.68 Å². The van der Waals surface area contributed by atoms with Crippen LogP contribution in [0, 0.1) is 0 Å². The molecule has 1 fully saturated rings. The number of hydrazone groups is 1. The number of hydrogen-bond donors (Lipinski definition) is 4. The van der Waals surface area contributed by atoms with Crippen LogP contribution < -0.4 is 5.43 Å². The second kappa shape index (κ2) is 5.00. The molecular weight excluding hydrogens is 300 g/mol. The lowest BCUT2D eigenvalue weighted by molar-refractivity contribution is -0.103. The Hall–Kier alpha value is -2.00. The number of rotatable bonds is 2. The Kier molecular flexibility index (Phi) is 3.17. The second-order valence-corrected chi connectivity index (χ2v) is 6.16. The number of nitrogens with one attached hydrogen (secondary N) is 1. The van der Waals surface area contributed by atoms with Crippen LogP contribution >= 0.6 is 0 Å². The number of aliphatic hydroxyl groups excluding tert-OH is 2. The Labute approximate surface area is 132 Å². The van der Waals surface area contributed by atoms with Crippen molar-refractivity contribution < 1.29 is 20.1 Å². The molecule has 0 unspecified atom stereocenters. The van der Waals surface area contributed by atoms with E-state index >= 15 is 0 Å². The van der Waals surface area contributed by atoms with Gasteiger partial charge in [-0.05, 0) is 12.5 Å². The Morgan fingerprint density at radius 1 is 1.48 bits per heavy atom.